The van der Waals surface area contributed by atoms with Crippen molar-refractivity contribution < 1.29 is 18.4 Å². The van der Waals surface area contributed by atoms with Crippen LogP contribution in [0, 0.1) is 10.1 Å². The van der Waals surface area contributed by atoms with Crippen LogP contribution in [0.5, 0.6) is 0 Å². The summed E-state index contributed by atoms with van der Waals surface area (Å²) in [4.78, 5) is 9.75. The predicted octanol–water partition coefficient (Wildman–Crippen LogP) is 1.01. The minimum absolute atomic E-state index is 0.00319. The largest absolute Gasteiger partial charge is 0.395 e. The fraction of sp³-hybridized carbons (Fsp3) is 0.250. The zero-order valence-corrected chi connectivity index (χ0v) is 9.70. The molecule has 0 spiro atoms. The molecule has 0 bridgehead atoms. The maximum atomic E-state index is 11.6. The topological polar surface area (TPSA) is 97.5 Å². The van der Waals surface area contributed by atoms with Gasteiger partial charge in [0.2, 0.25) is 8.87 Å². The Morgan fingerprint density at radius 1 is 1.31 bits per heavy atom. The molecule has 0 atom stereocenters. The fourth-order valence-electron chi connectivity index (χ4n) is 0.950. The first kappa shape index (κ1) is 12.9. The molecule has 0 aliphatic carbocycles. The second-order valence-electron chi connectivity index (χ2n) is 2.75. The molecule has 88 valence electrons. The van der Waals surface area contributed by atoms with Crippen molar-refractivity contribution in [3.8, 4) is 0 Å². The Labute approximate surface area is 95.8 Å². The molecule has 0 unspecified atom stereocenters. The summed E-state index contributed by atoms with van der Waals surface area (Å²) in [5, 5.41) is 18.9. The van der Waals surface area contributed by atoms with Crippen LogP contribution in [0.1, 0.15) is 0 Å². The van der Waals surface area contributed by atoms with Gasteiger partial charge in [0, 0.05) is 17.9 Å². The van der Waals surface area contributed by atoms with Gasteiger partial charge >= 0.3 is 0 Å². The van der Waals surface area contributed by atoms with E-state index in [1.54, 1.807) is 0 Å². The van der Waals surface area contributed by atoms with Crippen LogP contribution in [0.25, 0.3) is 0 Å². The van der Waals surface area contributed by atoms with Crippen LogP contribution >= 0.6 is 10.8 Å². The van der Waals surface area contributed by atoms with E-state index in [1.807, 2.05) is 0 Å². The molecular formula is C8H9NO5S2. The van der Waals surface area contributed by atoms with Gasteiger partial charge in [-0.15, -0.1) is 0 Å². The summed E-state index contributed by atoms with van der Waals surface area (Å²) in [7, 11) is -2.93. The average molecular weight is 263 g/mol. The van der Waals surface area contributed by atoms with Gasteiger partial charge in [0.25, 0.3) is 5.69 Å². The molecule has 0 aliphatic rings. The van der Waals surface area contributed by atoms with Crippen molar-refractivity contribution in [2.75, 3.05) is 12.4 Å². The van der Waals surface area contributed by atoms with Gasteiger partial charge in [-0.3, -0.25) is 10.1 Å². The molecule has 1 N–H and O–H groups in total. The predicted molar refractivity (Wildman–Crippen MR) is 59.8 cm³/mol. The van der Waals surface area contributed by atoms with Crippen molar-refractivity contribution >= 4 is 25.4 Å². The molecule has 0 radical (unpaired) electrons. The molecule has 0 heterocycles. The number of aliphatic hydroxyl groups is 1. The summed E-state index contributed by atoms with van der Waals surface area (Å²) in [5.41, 5.74) is -0.161. The van der Waals surface area contributed by atoms with Gasteiger partial charge in [-0.05, 0) is 22.9 Å². The Bertz CT molecular complexity index is 468. The molecule has 0 aliphatic heterocycles. The van der Waals surface area contributed by atoms with E-state index in [0.29, 0.717) is 10.8 Å². The minimum atomic E-state index is -3.53. The smallest absolute Gasteiger partial charge is 0.269 e. The summed E-state index contributed by atoms with van der Waals surface area (Å²) < 4.78 is 23.1. The first-order valence-electron chi connectivity index (χ1n) is 4.22. The van der Waals surface area contributed by atoms with Gasteiger partial charge in [0.05, 0.1) is 16.4 Å². The van der Waals surface area contributed by atoms with Crippen LogP contribution in [0.2, 0.25) is 0 Å². The van der Waals surface area contributed by atoms with Crippen molar-refractivity contribution in [2.24, 2.45) is 0 Å². The van der Waals surface area contributed by atoms with E-state index < -0.39 is 13.8 Å². The normalized spacial score (nSPS) is 11.3. The lowest BCUT2D eigenvalue weighted by molar-refractivity contribution is -0.384. The van der Waals surface area contributed by atoms with Crippen LogP contribution in [0.15, 0.2) is 29.2 Å². The van der Waals surface area contributed by atoms with E-state index in [9.17, 15) is 18.5 Å². The summed E-state index contributed by atoms with van der Waals surface area (Å²) in [6, 6.07) is 4.62. The molecule has 1 aromatic carbocycles. The zero-order valence-electron chi connectivity index (χ0n) is 8.07. The highest BCUT2D eigenvalue weighted by atomic mass is 33.1. The SMILES string of the molecule is O=[N+]([O-])c1ccc(S(=O)(=O)SCCO)cc1. The molecule has 1 rings (SSSR count). The van der Waals surface area contributed by atoms with Crippen molar-refractivity contribution in [1.82, 2.24) is 0 Å². The van der Waals surface area contributed by atoms with Crippen molar-refractivity contribution in [3.05, 3.63) is 34.4 Å². The number of nitro benzene ring substituents is 1. The highest BCUT2D eigenvalue weighted by Crippen LogP contribution is 2.24. The van der Waals surface area contributed by atoms with Crippen molar-refractivity contribution in [2.45, 2.75) is 4.90 Å². The standard InChI is InChI=1S/C8H9NO5S2/c10-5-6-15-16(13,14)8-3-1-7(2-4-8)9(11)12/h1-4,10H,5-6H2. The Morgan fingerprint density at radius 3 is 2.31 bits per heavy atom. The monoisotopic (exact) mass is 263 g/mol. The van der Waals surface area contributed by atoms with E-state index in [4.69, 9.17) is 5.11 Å². The third kappa shape index (κ3) is 3.19. The number of nitrogens with zero attached hydrogens (tertiary/aromatic N) is 1. The van der Waals surface area contributed by atoms with E-state index in [2.05, 4.69) is 0 Å². The first-order chi connectivity index (χ1) is 7.47. The van der Waals surface area contributed by atoms with Gasteiger partial charge in [0.15, 0.2) is 0 Å². The molecule has 0 saturated carbocycles. The molecule has 0 fully saturated rings. The van der Waals surface area contributed by atoms with Crippen LogP contribution in [-0.2, 0) is 8.87 Å². The molecule has 0 saturated heterocycles. The Morgan fingerprint density at radius 2 is 1.88 bits per heavy atom. The lowest BCUT2D eigenvalue weighted by atomic mass is 10.3. The van der Waals surface area contributed by atoms with E-state index in [0.717, 1.165) is 12.1 Å². The number of benzene rings is 1. The number of non-ortho nitro benzene ring substituents is 1. The minimum Gasteiger partial charge on any atom is -0.395 e. The third-order valence-corrected chi connectivity index (χ3v) is 5.18. The maximum absolute atomic E-state index is 11.6. The molecule has 8 heteroatoms. The van der Waals surface area contributed by atoms with Crippen LogP contribution < -0.4 is 0 Å². The quantitative estimate of drug-likeness (QED) is 0.483. The van der Waals surface area contributed by atoms with Gasteiger partial charge in [-0.2, -0.15) is 0 Å². The van der Waals surface area contributed by atoms with E-state index in [1.165, 1.54) is 12.1 Å². The highest BCUT2D eigenvalue weighted by Gasteiger charge is 2.16. The van der Waals surface area contributed by atoms with Crippen LogP contribution in [-0.4, -0.2) is 30.8 Å². The molecule has 6 nitrogen and oxygen atoms in total. The van der Waals surface area contributed by atoms with Gasteiger partial charge in [0.1, 0.15) is 0 Å². The Hall–Kier alpha value is -1.12. The average Bonchev–Trinajstić information content (AvgIpc) is 2.26. The summed E-state index contributed by atoms with van der Waals surface area (Å²) in [6.07, 6.45) is 0. The lowest BCUT2D eigenvalue weighted by Crippen LogP contribution is -1.99. The highest BCUT2D eigenvalue weighted by molar-refractivity contribution is 8.72. The zero-order chi connectivity index (χ0) is 12.2. The third-order valence-electron chi connectivity index (χ3n) is 1.67. The fourth-order valence-corrected chi connectivity index (χ4v) is 3.47. The number of rotatable bonds is 5. The molecular weight excluding hydrogens is 254 g/mol. The summed E-state index contributed by atoms with van der Waals surface area (Å²) >= 11 is 0. The molecule has 1 aromatic rings. The number of aliphatic hydroxyl groups excluding tert-OH is 1. The number of hydrogen-bond donors (Lipinski definition) is 1. The van der Waals surface area contributed by atoms with E-state index in [-0.39, 0.29) is 22.9 Å². The second-order valence-corrected chi connectivity index (χ2v) is 6.80. The summed E-state index contributed by atoms with van der Waals surface area (Å²) in [6.45, 7) is -0.239. The molecule has 16 heavy (non-hydrogen) atoms. The maximum Gasteiger partial charge on any atom is 0.269 e. The van der Waals surface area contributed by atoms with Crippen molar-refractivity contribution in [3.63, 3.8) is 0 Å². The van der Waals surface area contributed by atoms with Crippen LogP contribution in [0.4, 0.5) is 5.69 Å². The molecule has 0 aromatic heterocycles. The van der Waals surface area contributed by atoms with Gasteiger partial charge in [-0.1, -0.05) is 0 Å². The van der Waals surface area contributed by atoms with Gasteiger partial charge in [-0.25, -0.2) is 8.42 Å². The Kier molecular flexibility index (Phi) is 4.27. The lowest BCUT2D eigenvalue weighted by Gasteiger charge is -2.01. The number of hydrogen-bond acceptors (Lipinski definition) is 6. The number of nitro groups is 1. The first-order valence-corrected chi connectivity index (χ1v) is 7.20. The van der Waals surface area contributed by atoms with E-state index >= 15 is 0 Å². The van der Waals surface area contributed by atoms with Crippen LogP contribution in [0.3, 0.4) is 0 Å². The summed E-state index contributed by atoms with van der Waals surface area (Å²) in [5.74, 6) is 0.0688. The van der Waals surface area contributed by atoms with Gasteiger partial charge < -0.3 is 5.11 Å². The Balaban J connectivity index is 2.93. The van der Waals surface area contributed by atoms with Crippen molar-refractivity contribution in [1.29, 1.82) is 0 Å². The second kappa shape index (κ2) is 5.28. The molecule has 0 amide bonds.